The topological polar surface area (TPSA) is 80.9 Å². The molecule has 0 aliphatic heterocycles. The highest BCUT2D eigenvalue weighted by atomic mass is 35.5. The first-order chi connectivity index (χ1) is 9.70. The van der Waals surface area contributed by atoms with E-state index in [1.54, 1.807) is 18.2 Å². The lowest BCUT2D eigenvalue weighted by molar-refractivity contribution is 0.102. The molecule has 0 atom stereocenters. The molecule has 20 heavy (non-hydrogen) atoms. The Balaban J connectivity index is 2.22. The minimum atomic E-state index is -0.385. The molecule has 1 amide bonds. The number of halogens is 1. The van der Waals surface area contributed by atoms with Crippen LogP contribution in [0, 0.1) is 11.8 Å². The third-order valence-corrected chi connectivity index (χ3v) is 2.67. The molecular weight excluding hydrogens is 276 g/mol. The molecule has 1 heterocycles. The lowest BCUT2D eigenvalue weighted by Gasteiger charge is -2.07. The Morgan fingerprint density at radius 1 is 1.40 bits per heavy atom. The van der Waals surface area contributed by atoms with Gasteiger partial charge in [-0.15, -0.1) is 0 Å². The highest BCUT2D eigenvalue weighted by Crippen LogP contribution is 2.23. The maximum atomic E-state index is 12.0. The van der Waals surface area contributed by atoms with Crippen molar-refractivity contribution in [2.45, 2.75) is 0 Å². The number of nitrogens with two attached hydrogens (primary N) is 1. The summed E-state index contributed by atoms with van der Waals surface area (Å²) in [6, 6.07) is 5.09. The van der Waals surface area contributed by atoms with Crippen LogP contribution in [0.15, 0.2) is 36.8 Å². The summed E-state index contributed by atoms with van der Waals surface area (Å²) in [5, 5.41) is 3.09. The van der Waals surface area contributed by atoms with Crippen LogP contribution in [0.4, 0.5) is 5.69 Å². The second-order valence-corrected chi connectivity index (χ2v) is 4.15. The molecule has 100 valence electrons. The fraction of sp³-hybridized carbons (Fsp3) is 0.0714. The van der Waals surface area contributed by atoms with Gasteiger partial charge < -0.3 is 11.1 Å². The second kappa shape index (κ2) is 6.66. The van der Waals surface area contributed by atoms with E-state index in [4.69, 9.17) is 17.3 Å². The van der Waals surface area contributed by atoms with E-state index in [0.717, 1.165) is 0 Å². The van der Waals surface area contributed by atoms with Gasteiger partial charge in [-0.25, -0.2) is 4.98 Å². The molecule has 2 rings (SSSR count). The van der Waals surface area contributed by atoms with Crippen molar-refractivity contribution in [3.63, 3.8) is 0 Å². The fourth-order valence-electron chi connectivity index (χ4n) is 1.45. The average Bonchev–Trinajstić information content (AvgIpc) is 2.49. The standard InChI is InChI=1S/C14H11ClN4O/c15-11-4-3-10(2-1-5-16)8-12(11)19-14(20)13-9-17-6-7-18-13/h3-4,6-9H,5,16H2,(H,19,20). The molecule has 0 fully saturated rings. The van der Waals surface area contributed by atoms with E-state index in [0.29, 0.717) is 16.3 Å². The Kier molecular flexibility index (Phi) is 4.66. The number of nitrogens with one attached hydrogen (secondary N) is 1. The van der Waals surface area contributed by atoms with Gasteiger partial charge in [-0.1, -0.05) is 23.4 Å². The van der Waals surface area contributed by atoms with Gasteiger partial charge in [0, 0.05) is 18.0 Å². The van der Waals surface area contributed by atoms with Crippen molar-refractivity contribution in [2.24, 2.45) is 5.73 Å². The number of anilines is 1. The second-order valence-electron chi connectivity index (χ2n) is 3.75. The number of nitrogens with zero attached hydrogens (tertiary/aromatic N) is 2. The van der Waals surface area contributed by atoms with Gasteiger partial charge >= 0.3 is 0 Å². The van der Waals surface area contributed by atoms with E-state index in [2.05, 4.69) is 27.1 Å². The zero-order chi connectivity index (χ0) is 14.4. The Hall–Kier alpha value is -2.42. The highest BCUT2D eigenvalue weighted by molar-refractivity contribution is 6.33. The maximum absolute atomic E-state index is 12.0. The SMILES string of the molecule is NCC#Cc1ccc(Cl)c(NC(=O)c2cnccn2)c1. The van der Waals surface area contributed by atoms with Crippen LogP contribution >= 0.6 is 11.6 Å². The van der Waals surface area contributed by atoms with E-state index in [1.165, 1.54) is 18.6 Å². The van der Waals surface area contributed by atoms with Crippen molar-refractivity contribution in [2.75, 3.05) is 11.9 Å². The molecule has 0 unspecified atom stereocenters. The highest BCUT2D eigenvalue weighted by Gasteiger charge is 2.10. The van der Waals surface area contributed by atoms with E-state index < -0.39 is 0 Å². The number of carbonyl (C=O) groups excluding carboxylic acids is 1. The van der Waals surface area contributed by atoms with Crippen LogP contribution in [0.2, 0.25) is 5.02 Å². The van der Waals surface area contributed by atoms with Gasteiger partial charge in [0.25, 0.3) is 5.91 Å². The molecule has 0 aliphatic carbocycles. The summed E-state index contributed by atoms with van der Waals surface area (Å²) < 4.78 is 0. The lowest BCUT2D eigenvalue weighted by Crippen LogP contribution is -2.14. The van der Waals surface area contributed by atoms with Crippen LogP contribution in [0.25, 0.3) is 0 Å². The molecule has 0 spiro atoms. The molecule has 1 aromatic carbocycles. The Labute approximate surface area is 121 Å². The number of aromatic nitrogens is 2. The number of rotatable bonds is 2. The monoisotopic (exact) mass is 286 g/mol. The first-order valence-electron chi connectivity index (χ1n) is 5.76. The summed E-state index contributed by atoms with van der Waals surface area (Å²) in [5.74, 6) is 5.22. The number of carbonyl (C=O) groups is 1. The van der Waals surface area contributed by atoms with Gasteiger partial charge in [-0.2, -0.15) is 0 Å². The molecule has 0 saturated heterocycles. The van der Waals surface area contributed by atoms with Crippen LogP contribution in [0.1, 0.15) is 16.1 Å². The van der Waals surface area contributed by atoms with Crippen LogP contribution in [0.5, 0.6) is 0 Å². The first-order valence-corrected chi connectivity index (χ1v) is 6.14. The minimum absolute atomic E-state index is 0.210. The zero-order valence-corrected chi connectivity index (χ0v) is 11.2. The molecule has 6 heteroatoms. The van der Waals surface area contributed by atoms with Crippen molar-refractivity contribution in [3.05, 3.63) is 53.1 Å². The van der Waals surface area contributed by atoms with Crippen molar-refractivity contribution >= 4 is 23.2 Å². The van der Waals surface area contributed by atoms with Crippen molar-refractivity contribution in [1.29, 1.82) is 0 Å². The summed E-state index contributed by atoms with van der Waals surface area (Å²) in [5.41, 5.74) is 6.71. The van der Waals surface area contributed by atoms with Crippen LogP contribution in [-0.4, -0.2) is 22.4 Å². The minimum Gasteiger partial charge on any atom is -0.320 e. The van der Waals surface area contributed by atoms with Crippen molar-refractivity contribution in [3.8, 4) is 11.8 Å². The molecule has 0 aliphatic rings. The summed E-state index contributed by atoms with van der Waals surface area (Å²) in [6.07, 6.45) is 4.31. The van der Waals surface area contributed by atoms with Gasteiger partial charge in [0.2, 0.25) is 0 Å². The van der Waals surface area contributed by atoms with Crippen LogP contribution in [-0.2, 0) is 0 Å². The third-order valence-electron chi connectivity index (χ3n) is 2.35. The summed E-state index contributed by atoms with van der Waals surface area (Å²) in [4.78, 5) is 19.7. The molecule has 5 nitrogen and oxygen atoms in total. The van der Waals surface area contributed by atoms with Gasteiger partial charge in [0.05, 0.1) is 23.5 Å². The number of hydrogen-bond acceptors (Lipinski definition) is 4. The predicted octanol–water partition coefficient (Wildman–Crippen LogP) is 1.69. The average molecular weight is 287 g/mol. The first kappa shape index (κ1) is 14.0. The predicted molar refractivity (Wildman–Crippen MR) is 77.4 cm³/mol. The summed E-state index contributed by atoms with van der Waals surface area (Å²) in [6.45, 7) is 0.268. The Morgan fingerprint density at radius 3 is 2.95 bits per heavy atom. The van der Waals surface area contributed by atoms with E-state index >= 15 is 0 Å². The molecule has 1 aromatic heterocycles. The number of amides is 1. The largest absolute Gasteiger partial charge is 0.320 e. The maximum Gasteiger partial charge on any atom is 0.275 e. The number of hydrogen-bond donors (Lipinski definition) is 2. The molecule has 0 saturated carbocycles. The van der Waals surface area contributed by atoms with E-state index in [1.807, 2.05) is 0 Å². The van der Waals surface area contributed by atoms with Crippen molar-refractivity contribution in [1.82, 2.24) is 9.97 Å². The van der Waals surface area contributed by atoms with Gasteiger partial charge in [-0.05, 0) is 18.2 Å². The fourth-order valence-corrected chi connectivity index (χ4v) is 1.62. The summed E-state index contributed by atoms with van der Waals surface area (Å²) in [7, 11) is 0. The summed E-state index contributed by atoms with van der Waals surface area (Å²) >= 11 is 6.04. The van der Waals surface area contributed by atoms with Gasteiger partial charge in [0.1, 0.15) is 5.69 Å². The lowest BCUT2D eigenvalue weighted by atomic mass is 10.2. The zero-order valence-electron chi connectivity index (χ0n) is 10.4. The smallest absolute Gasteiger partial charge is 0.275 e. The Bertz CT molecular complexity index is 677. The number of benzene rings is 1. The van der Waals surface area contributed by atoms with Gasteiger partial charge in [-0.3, -0.25) is 9.78 Å². The Morgan fingerprint density at radius 2 is 2.25 bits per heavy atom. The van der Waals surface area contributed by atoms with Gasteiger partial charge in [0.15, 0.2) is 0 Å². The molecular formula is C14H11ClN4O. The van der Waals surface area contributed by atoms with Crippen molar-refractivity contribution < 1.29 is 4.79 Å². The molecule has 0 radical (unpaired) electrons. The van der Waals surface area contributed by atoms with Crippen LogP contribution in [0.3, 0.4) is 0 Å². The molecule has 0 bridgehead atoms. The molecule has 2 aromatic rings. The van der Waals surface area contributed by atoms with Crippen LogP contribution < -0.4 is 11.1 Å². The van der Waals surface area contributed by atoms with E-state index in [9.17, 15) is 4.79 Å². The third kappa shape index (κ3) is 3.54. The van der Waals surface area contributed by atoms with E-state index in [-0.39, 0.29) is 18.1 Å². The normalized spacial score (nSPS) is 9.50. The quantitative estimate of drug-likeness (QED) is 0.823. The molecule has 3 N–H and O–H groups in total.